The Hall–Kier alpha value is -1.29. The van der Waals surface area contributed by atoms with Crippen molar-refractivity contribution in [2.45, 2.75) is 50.9 Å². The summed E-state index contributed by atoms with van der Waals surface area (Å²) in [6.45, 7) is 5.15. The van der Waals surface area contributed by atoms with E-state index in [2.05, 4.69) is 33.8 Å². The van der Waals surface area contributed by atoms with Gasteiger partial charge >= 0.3 is 0 Å². The lowest BCUT2D eigenvalue weighted by Gasteiger charge is -2.17. The molecule has 1 fully saturated rings. The van der Waals surface area contributed by atoms with Gasteiger partial charge in [-0.25, -0.2) is 14.4 Å². The van der Waals surface area contributed by atoms with Gasteiger partial charge in [-0.05, 0) is 57.1 Å². The fourth-order valence-electron chi connectivity index (χ4n) is 3.45. The zero-order chi connectivity index (χ0) is 19.2. The molecular weight excluding hydrogens is 488 g/mol. The van der Waals surface area contributed by atoms with E-state index in [4.69, 9.17) is 0 Å². The summed E-state index contributed by atoms with van der Waals surface area (Å²) in [6, 6.07) is 5.73. The highest BCUT2D eigenvalue weighted by Gasteiger charge is 2.24. The molecular formula is C20H29FIN5S. The van der Waals surface area contributed by atoms with Gasteiger partial charge in [-0.15, -0.1) is 24.0 Å². The summed E-state index contributed by atoms with van der Waals surface area (Å²) in [7, 11) is 0. The number of hydrogen-bond acceptors (Lipinski definition) is 3. The number of nitrogens with zero attached hydrogens (tertiary/aromatic N) is 3. The number of aliphatic imine (C=N–C) groups is 1. The van der Waals surface area contributed by atoms with E-state index >= 15 is 0 Å². The van der Waals surface area contributed by atoms with Crippen molar-refractivity contribution >= 4 is 41.7 Å². The molecule has 0 radical (unpaired) electrons. The van der Waals surface area contributed by atoms with E-state index in [0.29, 0.717) is 18.3 Å². The topological polar surface area (TPSA) is 54.2 Å². The first kappa shape index (κ1) is 23.0. The van der Waals surface area contributed by atoms with Crippen molar-refractivity contribution < 1.29 is 4.39 Å². The molecule has 28 heavy (non-hydrogen) atoms. The molecule has 0 saturated heterocycles. The highest BCUT2D eigenvalue weighted by molar-refractivity contribution is 14.0. The Morgan fingerprint density at radius 1 is 1.39 bits per heavy atom. The molecule has 5 nitrogen and oxygen atoms in total. The van der Waals surface area contributed by atoms with Crippen LogP contribution in [0.15, 0.2) is 35.6 Å². The molecule has 1 aliphatic carbocycles. The molecule has 2 N–H and O–H groups in total. The van der Waals surface area contributed by atoms with Crippen molar-refractivity contribution in [2.24, 2.45) is 4.99 Å². The summed E-state index contributed by atoms with van der Waals surface area (Å²) in [6.07, 6.45) is 9.20. The molecule has 0 aliphatic heterocycles. The van der Waals surface area contributed by atoms with Crippen LogP contribution in [0.1, 0.15) is 37.6 Å². The average molecular weight is 517 g/mol. The minimum atomic E-state index is -0.264. The zero-order valence-electron chi connectivity index (χ0n) is 16.6. The number of aryl methyl sites for hydroxylation is 1. The maximum Gasteiger partial charge on any atom is 0.191 e. The summed E-state index contributed by atoms with van der Waals surface area (Å²) in [4.78, 5) is 8.80. The maximum absolute atomic E-state index is 14.5. The second-order valence-electron chi connectivity index (χ2n) is 6.84. The monoisotopic (exact) mass is 517 g/mol. The number of guanidine groups is 1. The smallest absolute Gasteiger partial charge is 0.191 e. The fraction of sp³-hybridized carbons (Fsp3) is 0.500. The van der Waals surface area contributed by atoms with Crippen LogP contribution < -0.4 is 10.6 Å². The first-order valence-electron chi connectivity index (χ1n) is 9.47. The summed E-state index contributed by atoms with van der Waals surface area (Å²) >= 11 is 1.94. The van der Waals surface area contributed by atoms with E-state index < -0.39 is 0 Å². The lowest BCUT2D eigenvalue weighted by Crippen LogP contribution is -2.42. The van der Waals surface area contributed by atoms with Crippen LogP contribution in [-0.4, -0.2) is 39.6 Å². The second-order valence-corrected chi connectivity index (χ2v) is 7.98. The van der Waals surface area contributed by atoms with E-state index in [0.717, 1.165) is 29.1 Å². The Bertz CT molecular complexity index is 795. The zero-order valence-corrected chi connectivity index (χ0v) is 19.8. The number of rotatable bonds is 6. The third-order valence-corrected chi connectivity index (χ3v) is 6.01. The molecule has 1 aromatic carbocycles. The molecule has 1 aliphatic rings. The Morgan fingerprint density at radius 3 is 2.82 bits per heavy atom. The van der Waals surface area contributed by atoms with Gasteiger partial charge in [0.1, 0.15) is 11.6 Å². The first-order chi connectivity index (χ1) is 13.1. The van der Waals surface area contributed by atoms with Crippen molar-refractivity contribution in [2.75, 3.05) is 12.8 Å². The number of hydrogen-bond donors (Lipinski definition) is 2. The molecule has 1 heterocycles. The Morgan fingerprint density at radius 2 is 2.21 bits per heavy atom. The summed E-state index contributed by atoms with van der Waals surface area (Å²) < 4.78 is 16.3. The molecule has 2 atom stereocenters. The average Bonchev–Trinajstić information content (AvgIpc) is 3.29. The van der Waals surface area contributed by atoms with Crippen LogP contribution in [0.3, 0.4) is 0 Å². The SMILES string of the molecule is CCNC(=NCc1ccc(-n2ccnc2C)c(F)c1)NC1CCC(SC)C1.I. The van der Waals surface area contributed by atoms with Gasteiger partial charge in [0.15, 0.2) is 5.96 Å². The van der Waals surface area contributed by atoms with Gasteiger partial charge in [0, 0.05) is 30.2 Å². The lowest BCUT2D eigenvalue weighted by atomic mass is 10.2. The van der Waals surface area contributed by atoms with E-state index in [1.165, 1.54) is 19.3 Å². The van der Waals surface area contributed by atoms with E-state index in [1.54, 1.807) is 29.1 Å². The lowest BCUT2D eigenvalue weighted by molar-refractivity contribution is 0.611. The van der Waals surface area contributed by atoms with Gasteiger partial charge in [-0.2, -0.15) is 11.8 Å². The van der Waals surface area contributed by atoms with Gasteiger partial charge in [0.25, 0.3) is 0 Å². The summed E-state index contributed by atoms with van der Waals surface area (Å²) in [5.74, 6) is 1.30. The van der Waals surface area contributed by atoms with Crippen molar-refractivity contribution in [3.63, 3.8) is 0 Å². The number of benzene rings is 1. The largest absolute Gasteiger partial charge is 0.357 e. The van der Waals surface area contributed by atoms with Crippen LogP contribution >= 0.6 is 35.7 Å². The third kappa shape index (κ3) is 5.85. The van der Waals surface area contributed by atoms with Crippen LogP contribution in [0.25, 0.3) is 5.69 Å². The van der Waals surface area contributed by atoms with Crippen LogP contribution in [0.2, 0.25) is 0 Å². The summed E-state index contributed by atoms with van der Waals surface area (Å²) in [5, 5.41) is 7.56. The Kier molecular flexibility index (Phi) is 9.07. The third-order valence-electron chi connectivity index (χ3n) is 4.92. The molecule has 0 spiro atoms. The van der Waals surface area contributed by atoms with Crippen LogP contribution in [0.5, 0.6) is 0 Å². The van der Waals surface area contributed by atoms with Crippen LogP contribution in [0, 0.1) is 12.7 Å². The van der Waals surface area contributed by atoms with Crippen molar-refractivity contribution in [1.29, 1.82) is 0 Å². The van der Waals surface area contributed by atoms with E-state index in [-0.39, 0.29) is 29.8 Å². The quantitative estimate of drug-likeness (QED) is 0.342. The van der Waals surface area contributed by atoms with Gasteiger partial charge < -0.3 is 15.2 Å². The van der Waals surface area contributed by atoms with Crippen molar-refractivity contribution in [3.05, 3.63) is 47.8 Å². The van der Waals surface area contributed by atoms with Gasteiger partial charge in [0.2, 0.25) is 0 Å². The number of thioether (sulfide) groups is 1. The maximum atomic E-state index is 14.5. The highest BCUT2D eigenvalue weighted by Crippen LogP contribution is 2.28. The van der Waals surface area contributed by atoms with Crippen LogP contribution in [-0.2, 0) is 6.54 Å². The molecule has 1 aromatic heterocycles. The number of halogens is 2. The number of aromatic nitrogens is 2. The van der Waals surface area contributed by atoms with Crippen molar-refractivity contribution in [3.8, 4) is 5.69 Å². The molecule has 0 amide bonds. The minimum absolute atomic E-state index is 0. The van der Waals surface area contributed by atoms with Gasteiger partial charge in [-0.1, -0.05) is 6.07 Å². The molecule has 2 unspecified atom stereocenters. The summed E-state index contributed by atoms with van der Waals surface area (Å²) in [5.41, 5.74) is 1.36. The Balaban J connectivity index is 0.00000280. The first-order valence-corrected chi connectivity index (χ1v) is 10.8. The highest BCUT2D eigenvalue weighted by atomic mass is 127. The normalized spacial score (nSPS) is 19.4. The van der Waals surface area contributed by atoms with E-state index in [1.807, 2.05) is 24.8 Å². The standard InChI is InChI=1S/C20H28FN5S.HI/c1-4-22-20(25-16-6-7-17(12-16)27-3)24-13-15-5-8-19(18(21)11-15)26-10-9-23-14(26)2;/h5,8-11,16-17H,4,6-7,12-13H2,1-3H3,(H2,22,24,25);1H. The van der Waals surface area contributed by atoms with E-state index in [9.17, 15) is 4.39 Å². The predicted molar refractivity (Wildman–Crippen MR) is 127 cm³/mol. The molecule has 1 saturated carbocycles. The van der Waals surface area contributed by atoms with Gasteiger partial charge in [0.05, 0.1) is 12.2 Å². The molecule has 8 heteroatoms. The van der Waals surface area contributed by atoms with Gasteiger partial charge in [-0.3, -0.25) is 0 Å². The van der Waals surface area contributed by atoms with Crippen molar-refractivity contribution in [1.82, 2.24) is 20.2 Å². The second kappa shape index (κ2) is 11.0. The molecule has 0 bridgehead atoms. The molecule has 3 rings (SSSR count). The fourth-order valence-corrected chi connectivity index (χ4v) is 4.24. The predicted octanol–water partition coefficient (Wildman–Crippen LogP) is 4.28. The minimum Gasteiger partial charge on any atom is -0.357 e. The molecule has 154 valence electrons. The molecule has 2 aromatic rings. The number of imidazole rings is 1. The number of nitrogens with one attached hydrogen (secondary N) is 2. The van der Waals surface area contributed by atoms with Crippen LogP contribution in [0.4, 0.5) is 4.39 Å². The Labute approximate surface area is 188 Å².